The second-order valence-electron chi connectivity index (χ2n) is 2.72. The zero-order valence-electron chi connectivity index (χ0n) is 7.10. The van der Waals surface area contributed by atoms with Crippen LogP contribution in [-0.4, -0.2) is 38.0 Å². The summed E-state index contributed by atoms with van der Waals surface area (Å²) in [6.45, 7) is -0.681. The average molecular weight is 202 g/mol. The van der Waals surface area contributed by atoms with E-state index in [4.69, 9.17) is 10.2 Å². The molecule has 0 spiro atoms. The molecule has 5 N–H and O–H groups in total. The Morgan fingerprint density at radius 3 is 2.50 bits per heavy atom. The van der Waals surface area contributed by atoms with Crippen molar-refractivity contribution in [3.63, 3.8) is 0 Å². The Morgan fingerprint density at radius 1 is 1.36 bits per heavy atom. The van der Waals surface area contributed by atoms with Crippen LogP contribution in [0.15, 0.2) is 15.8 Å². The molecule has 0 saturated carbocycles. The van der Waals surface area contributed by atoms with Crippen LogP contribution >= 0.6 is 0 Å². The molecule has 7 heteroatoms. The number of aromatic amines is 2. The summed E-state index contributed by atoms with van der Waals surface area (Å²) in [6.07, 6.45) is -1.99. The Labute approximate surface area is 77.7 Å². The van der Waals surface area contributed by atoms with E-state index in [0.717, 1.165) is 6.20 Å². The van der Waals surface area contributed by atoms with Crippen LogP contribution in [-0.2, 0) is 0 Å². The van der Waals surface area contributed by atoms with Crippen LogP contribution in [0.4, 0.5) is 0 Å². The van der Waals surface area contributed by atoms with Crippen molar-refractivity contribution in [1.29, 1.82) is 0 Å². The minimum Gasteiger partial charge on any atom is -0.394 e. The van der Waals surface area contributed by atoms with Gasteiger partial charge in [-0.1, -0.05) is 0 Å². The quantitative estimate of drug-likeness (QED) is 0.369. The first-order valence-electron chi connectivity index (χ1n) is 3.85. The van der Waals surface area contributed by atoms with E-state index >= 15 is 0 Å². The Kier molecular flexibility index (Phi) is 3.18. The molecule has 1 aromatic rings. The SMILES string of the molecule is O=c1[nH]cc(C(O)C(O)CO)c(=O)[nH]1. The molecule has 0 radical (unpaired) electrons. The summed E-state index contributed by atoms with van der Waals surface area (Å²) in [4.78, 5) is 25.7. The average Bonchev–Trinajstić information content (AvgIpc) is 2.15. The lowest BCUT2D eigenvalue weighted by Crippen LogP contribution is -2.31. The highest BCUT2D eigenvalue weighted by Gasteiger charge is 2.20. The molecule has 2 unspecified atom stereocenters. The topological polar surface area (TPSA) is 126 Å². The molecule has 7 nitrogen and oxygen atoms in total. The predicted molar refractivity (Wildman–Crippen MR) is 45.7 cm³/mol. The third-order valence-electron chi connectivity index (χ3n) is 1.72. The normalized spacial score (nSPS) is 15.1. The maximum Gasteiger partial charge on any atom is 0.325 e. The molecule has 0 amide bonds. The minimum absolute atomic E-state index is 0.203. The van der Waals surface area contributed by atoms with E-state index < -0.39 is 30.1 Å². The summed E-state index contributed by atoms with van der Waals surface area (Å²) in [7, 11) is 0. The van der Waals surface area contributed by atoms with Crippen molar-refractivity contribution in [2.24, 2.45) is 0 Å². The van der Waals surface area contributed by atoms with E-state index in [-0.39, 0.29) is 5.56 Å². The number of aliphatic hydroxyl groups excluding tert-OH is 3. The highest BCUT2D eigenvalue weighted by Crippen LogP contribution is 2.10. The smallest absolute Gasteiger partial charge is 0.325 e. The van der Waals surface area contributed by atoms with Crippen LogP contribution in [0.3, 0.4) is 0 Å². The fourth-order valence-electron chi connectivity index (χ4n) is 0.947. The maximum absolute atomic E-state index is 11.1. The number of hydrogen-bond acceptors (Lipinski definition) is 5. The van der Waals surface area contributed by atoms with Gasteiger partial charge < -0.3 is 20.3 Å². The van der Waals surface area contributed by atoms with Gasteiger partial charge in [-0.25, -0.2) is 4.79 Å². The summed E-state index contributed by atoms with van der Waals surface area (Å²) in [6, 6.07) is 0. The number of H-pyrrole nitrogens is 2. The van der Waals surface area contributed by atoms with Crippen molar-refractivity contribution in [1.82, 2.24) is 9.97 Å². The van der Waals surface area contributed by atoms with Gasteiger partial charge in [0.2, 0.25) is 0 Å². The van der Waals surface area contributed by atoms with Crippen molar-refractivity contribution >= 4 is 0 Å². The van der Waals surface area contributed by atoms with Crippen molar-refractivity contribution in [2.75, 3.05) is 6.61 Å². The van der Waals surface area contributed by atoms with Gasteiger partial charge in [0.1, 0.15) is 12.2 Å². The van der Waals surface area contributed by atoms with E-state index in [9.17, 15) is 14.7 Å². The minimum atomic E-state index is -1.53. The summed E-state index contributed by atoms with van der Waals surface area (Å²) in [5, 5.41) is 26.9. The summed E-state index contributed by atoms with van der Waals surface area (Å²) in [5.74, 6) is 0. The fraction of sp³-hybridized carbons (Fsp3) is 0.429. The number of aliphatic hydroxyl groups is 3. The molecule has 14 heavy (non-hydrogen) atoms. The molecule has 0 aromatic carbocycles. The lowest BCUT2D eigenvalue weighted by atomic mass is 10.1. The van der Waals surface area contributed by atoms with Crippen LogP contribution in [0, 0.1) is 0 Å². The molecular weight excluding hydrogens is 192 g/mol. The first-order chi connectivity index (χ1) is 6.56. The Balaban J connectivity index is 3.08. The fourth-order valence-corrected chi connectivity index (χ4v) is 0.947. The van der Waals surface area contributed by atoms with Gasteiger partial charge in [-0.2, -0.15) is 0 Å². The molecule has 0 aliphatic heterocycles. The monoisotopic (exact) mass is 202 g/mol. The van der Waals surface area contributed by atoms with Crippen LogP contribution in [0.25, 0.3) is 0 Å². The molecule has 1 heterocycles. The maximum atomic E-state index is 11.1. The molecule has 1 aromatic heterocycles. The Morgan fingerprint density at radius 2 is 2.00 bits per heavy atom. The molecule has 78 valence electrons. The van der Waals surface area contributed by atoms with Gasteiger partial charge in [0.25, 0.3) is 5.56 Å². The van der Waals surface area contributed by atoms with E-state index in [0.29, 0.717) is 0 Å². The Bertz CT molecular complexity index is 409. The molecule has 0 fully saturated rings. The van der Waals surface area contributed by atoms with E-state index in [1.165, 1.54) is 0 Å². The number of hydrogen-bond donors (Lipinski definition) is 5. The first-order valence-corrected chi connectivity index (χ1v) is 3.85. The third kappa shape index (κ3) is 2.08. The van der Waals surface area contributed by atoms with Gasteiger partial charge in [0.05, 0.1) is 12.2 Å². The van der Waals surface area contributed by atoms with Crippen molar-refractivity contribution in [2.45, 2.75) is 12.2 Å². The molecule has 1 rings (SSSR count). The van der Waals surface area contributed by atoms with Crippen molar-refractivity contribution < 1.29 is 15.3 Å². The summed E-state index contributed by atoms with van der Waals surface area (Å²) >= 11 is 0. The predicted octanol–water partition coefficient (Wildman–Crippen LogP) is -2.55. The second-order valence-corrected chi connectivity index (χ2v) is 2.72. The van der Waals surface area contributed by atoms with Crippen molar-refractivity contribution in [3.8, 4) is 0 Å². The zero-order valence-corrected chi connectivity index (χ0v) is 7.10. The van der Waals surface area contributed by atoms with Gasteiger partial charge in [-0.3, -0.25) is 9.78 Å². The van der Waals surface area contributed by atoms with E-state index in [2.05, 4.69) is 4.98 Å². The third-order valence-corrected chi connectivity index (χ3v) is 1.72. The van der Waals surface area contributed by atoms with Crippen LogP contribution < -0.4 is 11.2 Å². The highest BCUT2D eigenvalue weighted by molar-refractivity contribution is 5.08. The summed E-state index contributed by atoms with van der Waals surface area (Å²) in [5.41, 5.74) is -1.70. The van der Waals surface area contributed by atoms with Gasteiger partial charge >= 0.3 is 5.69 Å². The standard InChI is InChI=1S/C7H10N2O5/c10-2-4(11)5(12)3-1-8-7(14)9-6(3)13/h1,4-5,10-12H,2H2,(H2,8,9,13,14). The second kappa shape index (κ2) is 4.18. The van der Waals surface area contributed by atoms with Gasteiger partial charge in [-0.05, 0) is 0 Å². The number of rotatable bonds is 3. The first kappa shape index (κ1) is 10.6. The van der Waals surface area contributed by atoms with Gasteiger partial charge in [-0.15, -0.1) is 0 Å². The molecule has 0 aliphatic rings. The van der Waals surface area contributed by atoms with Gasteiger partial charge in [0, 0.05) is 6.20 Å². The van der Waals surface area contributed by atoms with Crippen molar-refractivity contribution in [3.05, 3.63) is 32.6 Å². The Hall–Kier alpha value is -1.44. The lowest BCUT2D eigenvalue weighted by molar-refractivity contribution is -0.0161. The van der Waals surface area contributed by atoms with Crippen LogP contribution in [0.1, 0.15) is 11.7 Å². The zero-order chi connectivity index (χ0) is 10.7. The number of aromatic nitrogens is 2. The molecular formula is C7H10N2O5. The molecule has 0 saturated heterocycles. The van der Waals surface area contributed by atoms with E-state index in [1.807, 2.05) is 4.98 Å². The van der Waals surface area contributed by atoms with Gasteiger partial charge in [0.15, 0.2) is 0 Å². The molecule has 0 bridgehead atoms. The van der Waals surface area contributed by atoms with Crippen LogP contribution in [0.5, 0.6) is 0 Å². The summed E-state index contributed by atoms with van der Waals surface area (Å²) < 4.78 is 0. The molecule has 0 aliphatic carbocycles. The largest absolute Gasteiger partial charge is 0.394 e. The molecule has 2 atom stereocenters. The lowest BCUT2D eigenvalue weighted by Gasteiger charge is -2.13. The number of nitrogens with one attached hydrogen (secondary N) is 2. The van der Waals surface area contributed by atoms with E-state index in [1.54, 1.807) is 0 Å². The highest BCUT2D eigenvalue weighted by atomic mass is 16.4. The van der Waals surface area contributed by atoms with Crippen LogP contribution in [0.2, 0.25) is 0 Å².